The second-order valence-corrected chi connectivity index (χ2v) is 4.59. The molecule has 0 saturated heterocycles. The number of rotatable bonds is 0. The zero-order valence-corrected chi connectivity index (χ0v) is 7.35. The van der Waals surface area contributed by atoms with Crippen molar-refractivity contribution < 1.29 is 0 Å². The van der Waals surface area contributed by atoms with Gasteiger partial charge in [0.25, 0.3) is 0 Å². The fourth-order valence-corrected chi connectivity index (χ4v) is 3.19. The van der Waals surface area contributed by atoms with Gasteiger partial charge in [0.15, 0.2) is 0 Å². The van der Waals surface area contributed by atoms with Crippen molar-refractivity contribution in [2.75, 3.05) is 0 Å². The molecule has 0 spiro atoms. The molecule has 0 heteroatoms. The molecule has 0 aliphatic heterocycles. The molecule has 2 aliphatic rings. The fourth-order valence-electron chi connectivity index (χ4n) is 3.19. The molecule has 0 aromatic heterocycles. The Labute approximate surface area is 64.0 Å². The highest BCUT2D eigenvalue weighted by Gasteiger charge is 2.61. The lowest BCUT2D eigenvalue weighted by Gasteiger charge is -2.25. The van der Waals surface area contributed by atoms with Crippen molar-refractivity contribution in [1.82, 2.24) is 0 Å². The molecule has 2 fully saturated rings. The van der Waals surface area contributed by atoms with Crippen LogP contribution in [0.2, 0.25) is 0 Å². The quantitative estimate of drug-likeness (QED) is 0.482. The summed E-state index contributed by atoms with van der Waals surface area (Å²) in [6.45, 7) is 7.37. The smallest absolute Gasteiger partial charge is 0.0241 e. The van der Waals surface area contributed by atoms with Crippen LogP contribution < -0.4 is 0 Å². The highest BCUT2D eigenvalue weighted by atomic mass is 14.7. The lowest BCUT2D eigenvalue weighted by molar-refractivity contribution is 0.249. The third-order valence-corrected chi connectivity index (χ3v) is 4.49. The van der Waals surface area contributed by atoms with Gasteiger partial charge < -0.3 is 0 Å². The van der Waals surface area contributed by atoms with Crippen LogP contribution in [0.15, 0.2) is 0 Å². The average Bonchev–Trinajstić information content (AvgIpc) is 2.42. The van der Waals surface area contributed by atoms with E-state index in [0.29, 0.717) is 0 Å². The molecule has 0 heterocycles. The maximum absolute atomic E-state index is 2.49. The maximum atomic E-state index is 2.49. The zero-order chi connectivity index (χ0) is 7.35. The number of fused-ring (bicyclic) bond motifs is 1. The zero-order valence-electron chi connectivity index (χ0n) is 7.35. The van der Waals surface area contributed by atoms with E-state index in [1.54, 1.807) is 0 Å². The van der Waals surface area contributed by atoms with Gasteiger partial charge in [-0.05, 0) is 29.6 Å². The third-order valence-electron chi connectivity index (χ3n) is 4.49. The van der Waals surface area contributed by atoms with E-state index < -0.39 is 0 Å². The molecule has 4 atom stereocenters. The van der Waals surface area contributed by atoms with Crippen molar-refractivity contribution in [2.45, 2.75) is 40.0 Å². The summed E-state index contributed by atoms with van der Waals surface area (Å²) in [5, 5.41) is 0. The van der Waals surface area contributed by atoms with E-state index in [9.17, 15) is 0 Å². The summed E-state index contributed by atoms with van der Waals surface area (Å²) in [6.07, 6.45) is 4.49. The monoisotopic (exact) mass is 138 g/mol. The van der Waals surface area contributed by atoms with Gasteiger partial charge in [0, 0.05) is 0 Å². The number of hydrogen-bond donors (Lipinski definition) is 0. The van der Waals surface area contributed by atoms with Crippen LogP contribution in [0.5, 0.6) is 0 Å². The van der Waals surface area contributed by atoms with Gasteiger partial charge in [-0.1, -0.05) is 33.6 Å². The molecular formula is C10H18. The Kier molecular flexibility index (Phi) is 1.19. The standard InChI is InChI=1S/C10H18/c1-7-5-4-6-9-8(2)10(7,9)3/h7-9H,4-6H2,1-3H3. The Balaban J connectivity index is 2.16. The molecule has 2 rings (SSSR count). The minimum Gasteiger partial charge on any atom is -0.0620 e. The fraction of sp³-hybridized carbons (Fsp3) is 1.00. The third kappa shape index (κ3) is 0.580. The maximum Gasteiger partial charge on any atom is -0.0241 e. The molecule has 2 saturated carbocycles. The van der Waals surface area contributed by atoms with Crippen molar-refractivity contribution >= 4 is 0 Å². The van der Waals surface area contributed by atoms with Gasteiger partial charge in [0.2, 0.25) is 0 Å². The van der Waals surface area contributed by atoms with Crippen LogP contribution in [0.3, 0.4) is 0 Å². The molecule has 0 amide bonds. The van der Waals surface area contributed by atoms with E-state index in [4.69, 9.17) is 0 Å². The predicted octanol–water partition coefficient (Wildman–Crippen LogP) is 3.08. The van der Waals surface area contributed by atoms with Gasteiger partial charge in [-0.25, -0.2) is 0 Å². The summed E-state index contributed by atoms with van der Waals surface area (Å²) < 4.78 is 0. The summed E-state index contributed by atoms with van der Waals surface area (Å²) in [6, 6.07) is 0. The van der Waals surface area contributed by atoms with Gasteiger partial charge in [-0.15, -0.1) is 0 Å². The second kappa shape index (κ2) is 1.78. The lowest BCUT2D eigenvalue weighted by Crippen LogP contribution is -2.16. The molecule has 0 radical (unpaired) electrons. The first-order valence-corrected chi connectivity index (χ1v) is 4.67. The molecule has 58 valence electrons. The van der Waals surface area contributed by atoms with Crippen molar-refractivity contribution in [3.8, 4) is 0 Å². The Bertz CT molecular complexity index is 142. The van der Waals surface area contributed by atoms with Crippen molar-refractivity contribution in [1.29, 1.82) is 0 Å². The summed E-state index contributed by atoms with van der Waals surface area (Å²) >= 11 is 0. The van der Waals surface area contributed by atoms with E-state index in [-0.39, 0.29) is 0 Å². The Morgan fingerprint density at radius 2 is 1.90 bits per heavy atom. The van der Waals surface area contributed by atoms with Gasteiger partial charge >= 0.3 is 0 Å². The minimum absolute atomic E-state index is 0.762. The lowest BCUT2D eigenvalue weighted by atomic mass is 9.80. The first kappa shape index (κ1) is 6.69. The molecule has 10 heavy (non-hydrogen) atoms. The molecule has 0 aromatic rings. The Morgan fingerprint density at radius 3 is 2.40 bits per heavy atom. The molecule has 2 aliphatic carbocycles. The molecule has 0 bridgehead atoms. The number of hydrogen-bond acceptors (Lipinski definition) is 0. The Morgan fingerprint density at radius 1 is 1.20 bits per heavy atom. The molecular weight excluding hydrogens is 120 g/mol. The van der Waals surface area contributed by atoms with Crippen LogP contribution in [0.1, 0.15) is 40.0 Å². The summed E-state index contributed by atoms with van der Waals surface area (Å²) in [5.74, 6) is 3.13. The van der Waals surface area contributed by atoms with E-state index >= 15 is 0 Å². The average molecular weight is 138 g/mol. The highest BCUT2D eigenvalue weighted by Crippen LogP contribution is 2.68. The van der Waals surface area contributed by atoms with Gasteiger partial charge in [-0.2, -0.15) is 0 Å². The topological polar surface area (TPSA) is 0 Å². The van der Waals surface area contributed by atoms with Crippen molar-refractivity contribution in [2.24, 2.45) is 23.2 Å². The van der Waals surface area contributed by atoms with Crippen LogP contribution in [0.4, 0.5) is 0 Å². The van der Waals surface area contributed by atoms with Gasteiger partial charge in [0.1, 0.15) is 0 Å². The molecule has 0 N–H and O–H groups in total. The van der Waals surface area contributed by atoms with E-state index in [1.807, 2.05) is 0 Å². The normalized spacial score (nSPS) is 59.7. The van der Waals surface area contributed by atoms with E-state index in [1.165, 1.54) is 19.3 Å². The van der Waals surface area contributed by atoms with Crippen LogP contribution in [-0.2, 0) is 0 Å². The van der Waals surface area contributed by atoms with Crippen molar-refractivity contribution in [3.63, 3.8) is 0 Å². The van der Waals surface area contributed by atoms with E-state index in [2.05, 4.69) is 20.8 Å². The minimum atomic E-state index is 0.762. The van der Waals surface area contributed by atoms with E-state index in [0.717, 1.165) is 23.2 Å². The molecule has 0 nitrogen and oxygen atoms in total. The second-order valence-electron chi connectivity index (χ2n) is 4.59. The van der Waals surface area contributed by atoms with Crippen LogP contribution in [0.25, 0.3) is 0 Å². The Hall–Kier alpha value is 0. The summed E-state index contributed by atoms with van der Waals surface area (Å²) in [7, 11) is 0. The first-order chi connectivity index (χ1) is 4.67. The predicted molar refractivity (Wildman–Crippen MR) is 43.8 cm³/mol. The molecule has 4 unspecified atom stereocenters. The highest BCUT2D eigenvalue weighted by molar-refractivity contribution is 5.09. The summed E-state index contributed by atoms with van der Waals surface area (Å²) in [5.41, 5.74) is 0.762. The largest absolute Gasteiger partial charge is 0.0620 e. The SMILES string of the molecule is CC1CCCC2C(C)C12C. The van der Waals surface area contributed by atoms with Crippen LogP contribution in [0, 0.1) is 23.2 Å². The van der Waals surface area contributed by atoms with Gasteiger partial charge in [0.05, 0.1) is 0 Å². The summed E-state index contributed by atoms with van der Waals surface area (Å²) in [4.78, 5) is 0. The van der Waals surface area contributed by atoms with Crippen LogP contribution >= 0.6 is 0 Å². The van der Waals surface area contributed by atoms with Gasteiger partial charge in [-0.3, -0.25) is 0 Å². The van der Waals surface area contributed by atoms with Crippen molar-refractivity contribution in [3.05, 3.63) is 0 Å². The molecule has 0 aromatic carbocycles. The first-order valence-electron chi connectivity index (χ1n) is 4.67. The van der Waals surface area contributed by atoms with Crippen LogP contribution in [-0.4, -0.2) is 0 Å².